The summed E-state index contributed by atoms with van der Waals surface area (Å²) >= 11 is 13.5. The molecule has 0 radical (unpaired) electrons. The Bertz CT molecular complexity index is 1500. The highest BCUT2D eigenvalue weighted by Gasteiger charge is 2.25. The van der Waals surface area contributed by atoms with Gasteiger partial charge in [0, 0.05) is 63.2 Å². The van der Waals surface area contributed by atoms with Crippen LogP contribution in [0.2, 0.25) is 10.0 Å². The Morgan fingerprint density at radius 2 is 1.68 bits per heavy atom. The molecule has 9 nitrogen and oxygen atoms in total. The van der Waals surface area contributed by atoms with Crippen molar-refractivity contribution >= 4 is 45.3 Å². The number of imidazole rings is 1. The van der Waals surface area contributed by atoms with E-state index in [4.69, 9.17) is 32.7 Å². The first-order valence-corrected chi connectivity index (χ1v) is 13.1. The molecule has 0 spiro atoms. The van der Waals surface area contributed by atoms with Crippen LogP contribution in [0.4, 0.5) is 0 Å². The fourth-order valence-corrected chi connectivity index (χ4v) is 5.78. The lowest BCUT2D eigenvalue weighted by molar-refractivity contribution is -0.345. The zero-order chi connectivity index (χ0) is 26.3. The number of nitrogens with zero attached hydrogens (tertiary/aromatic N) is 4. The maximum atomic E-state index is 14.2. The van der Waals surface area contributed by atoms with Crippen LogP contribution in [0, 0.1) is 6.92 Å². The number of aromatic amines is 2. The molecule has 4 aromatic rings. The van der Waals surface area contributed by atoms with Crippen molar-refractivity contribution in [1.29, 1.82) is 0 Å². The van der Waals surface area contributed by atoms with Gasteiger partial charge >= 0.3 is 5.65 Å². The maximum Gasteiger partial charge on any atom is 0.348 e. The SMILES string of the molecule is CCN1CCN(CCn2c(=O)c(-c3c(Cl)c(OC)cc(OC)c3Cl)cc3c[nH+]c4nc(C)[nH]c4c32)CC1. The number of halogens is 2. The molecule has 1 fully saturated rings. The summed E-state index contributed by atoms with van der Waals surface area (Å²) in [6.45, 7) is 10.4. The summed E-state index contributed by atoms with van der Waals surface area (Å²) in [6.07, 6.45) is 1.86. The van der Waals surface area contributed by atoms with E-state index in [0.717, 1.165) is 61.5 Å². The number of hydrogen-bond acceptors (Lipinski definition) is 6. The molecule has 1 saturated heterocycles. The van der Waals surface area contributed by atoms with E-state index in [1.54, 1.807) is 6.07 Å². The number of hydrogen-bond donors (Lipinski definition) is 1. The maximum absolute atomic E-state index is 14.2. The number of benzene rings is 1. The topological polar surface area (TPSA) is 89.8 Å². The van der Waals surface area contributed by atoms with Crippen molar-refractivity contribution in [2.24, 2.45) is 0 Å². The second-order valence-corrected chi connectivity index (χ2v) is 9.97. The van der Waals surface area contributed by atoms with Gasteiger partial charge in [0.15, 0.2) is 5.52 Å². The molecule has 1 aromatic carbocycles. The van der Waals surface area contributed by atoms with Crippen LogP contribution in [0.3, 0.4) is 0 Å². The van der Waals surface area contributed by atoms with Crippen LogP contribution in [0.1, 0.15) is 12.7 Å². The van der Waals surface area contributed by atoms with Crippen molar-refractivity contribution in [1.82, 2.24) is 24.3 Å². The highest BCUT2D eigenvalue weighted by atomic mass is 35.5. The summed E-state index contributed by atoms with van der Waals surface area (Å²) in [6, 6.07) is 3.43. The Labute approximate surface area is 224 Å². The molecule has 1 aliphatic heterocycles. The van der Waals surface area contributed by atoms with E-state index in [0.29, 0.717) is 34.8 Å². The molecule has 1 aliphatic rings. The van der Waals surface area contributed by atoms with Gasteiger partial charge in [0.25, 0.3) is 5.56 Å². The van der Waals surface area contributed by atoms with E-state index >= 15 is 0 Å². The Hall–Kier alpha value is -2.85. The number of aryl methyl sites for hydroxylation is 1. The molecule has 0 bridgehead atoms. The Morgan fingerprint density at radius 1 is 1.03 bits per heavy atom. The number of methoxy groups -OCH3 is 2. The Balaban J connectivity index is 1.70. The van der Waals surface area contributed by atoms with Crippen LogP contribution in [-0.4, -0.2) is 77.8 Å². The molecular weight excluding hydrogens is 515 g/mol. The first-order chi connectivity index (χ1) is 17.9. The summed E-state index contributed by atoms with van der Waals surface area (Å²) in [4.78, 5) is 30.1. The van der Waals surface area contributed by atoms with Gasteiger partial charge in [0.05, 0.1) is 41.5 Å². The number of H-pyrrole nitrogens is 2. The Kier molecular flexibility index (Phi) is 7.31. The molecule has 0 aliphatic carbocycles. The van der Waals surface area contributed by atoms with E-state index in [2.05, 4.69) is 31.7 Å². The van der Waals surface area contributed by atoms with Crippen molar-refractivity contribution in [2.45, 2.75) is 20.4 Å². The van der Waals surface area contributed by atoms with Crippen LogP contribution in [0.15, 0.2) is 23.1 Å². The molecule has 0 atom stereocenters. The predicted molar refractivity (Wildman–Crippen MR) is 146 cm³/mol. The average molecular weight is 546 g/mol. The van der Waals surface area contributed by atoms with E-state index in [-0.39, 0.29) is 15.6 Å². The van der Waals surface area contributed by atoms with Crippen LogP contribution in [0.25, 0.3) is 33.2 Å². The molecule has 3 aromatic heterocycles. The van der Waals surface area contributed by atoms with Gasteiger partial charge in [-0.1, -0.05) is 30.1 Å². The summed E-state index contributed by atoms with van der Waals surface area (Å²) in [5.74, 6) is 1.52. The van der Waals surface area contributed by atoms with Gasteiger partial charge in [-0.3, -0.25) is 9.69 Å². The average Bonchev–Trinajstić information content (AvgIpc) is 3.29. The Morgan fingerprint density at radius 3 is 2.30 bits per heavy atom. The van der Waals surface area contributed by atoms with Gasteiger partial charge in [0.2, 0.25) is 5.82 Å². The van der Waals surface area contributed by atoms with Crippen molar-refractivity contribution in [3.05, 3.63) is 44.6 Å². The van der Waals surface area contributed by atoms with Gasteiger partial charge in [-0.2, -0.15) is 0 Å². The number of piperazine rings is 1. The predicted octanol–water partition coefficient (Wildman–Crippen LogP) is 3.63. The van der Waals surface area contributed by atoms with Crippen molar-refractivity contribution in [2.75, 3.05) is 53.5 Å². The van der Waals surface area contributed by atoms with Crippen molar-refractivity contribution in [3.8, 4) is 22.6 Å². The van der Waals surface area contributed by atoms with E-state index in [1.165, 1.54) is 14.2 Å². The minimum absolute atomic E-state index is 0.196. The minimum Gasteiger partial charge on any atom is -0.495 e. The first-order valence-electron chi connectivity index (χ1n) is 12.4. The number of likely N-dealkylation sites (N-methyl/N-ethyl adjacent to an activating group) is 1. The first kappa shape index (κ1) is 25.8. The molecule has 0 amide bonds. The zero-order valence-electron chi connectivity index (χ0n) is 21.5. The summed E-state index contributed by atoms with van der Waals surface area (Å²) in [7, 11) is 3.03. The third-order valence-electron chi connectivity index (χ3n) is 7.14. The third kappa shape index (κ3) is 4.65. The molecule has 196 valence electrons. The van der Waals surface area contributed by atoms with Gasteiger partial charge in [0.1, 0.15) is 11.5 Å². The third-order valence-corrected chi connectivity index (χ3v) is 7.89. The number of pyridine rings is 2. The number of ether oxygens (including phenoxy) is 2. The van der Waals surface area contributed by atoms with Gasteiger partial charge in [-0.25, -0.2) is 4.98 Å². The highest BCUT2D eigenvalue weighted by Crippen LogP contribution is 2.45. The molecule has 0 unspecified atom stereocenters. The highest BCUT2D eigenvalue weighted by molar-refractivity contribution is 6.41. The lowest BCUT2D eigenvalue weighted by atomic mass is 10.0. The number of fused-ring (bicyclic) bond motifs is 3. The van der Waals surface area contributed by atoms with Crippen LogP contribution in [-0.2, 0) is 6.54 Å². The monoisotopic (exact) mass is 545 g/mol. The summed E-state index contributed by atoms with van der Waals surface area (Å²) in [5, 5.41) is 1.35. The largest absolute Gasteiger partial charge is 0.495 e. The van der Waals surface area contributed by atoms with Gasteiger partial charge in [-0.05, 0) is 17.6 Å². The smallest absolute Gasteiger partial charge is 0.348 e. The van der Waals surface area contributed by atoms with Gasteiger partial charge in [-0.15, -0.1) is 0 Å². The number of nitrogens with one attached hydrogen (secondary N) is 2. The lowest BCUT2D eigenvalue weighted by Crippen LogP contribution is -2.47. The van der Waals surface area contributed by atoms with Crippen LogP contribution < -0.4 is 20.0 Å². The van der Waals surface area contributed by atoms with E-state index in [9.17, 15) is 4.79 Å². The quantitative estimate of drug-likeness (QED) is 0.381. The van der Waals surface area contributed by atoms with Crippen LogP contribution in [0.5, 0.6) is 11.5 Å². The van der Waals surface area contributed by atoms with E-state index in [1.807, 2.05) is 23.8 Å². The molecular formula is C26H31Cl2N6O3+. The second kappa shape index (κ2) is 10.5. The standard InChI is InChI=1S/C26H30Cl2N6O3/c1-5-32-6-8-33(9-7-32)10-11-34-24-16(14-29-25-23(24)30-15(2)31-25)12-17(26(34)35)20-21(27)18(36-3)13-19(37-4)22(20)28/h12-14H,5-11H2,1-4H3,(H,29,30,31)/p+1. The summed E-state index contributed by atoms with van der Waals surface area (Å²) in [5.41, 5.74) is 2.84. The lowest BCUT2D eigenvalue weighted by Gasteiger charge is -2.34. The summed E-state index contributed by atoms with van der Waals surface area (Å²) < 4.78 is 12.7. The molecule has 4 heterocycles. The normalized spacial score (nSPS) is 15.1. The van der Waals surface area contributed by atoms with Gasteiger partial charge < -0.3 is 23.9 Å². The van der Waals surface area contributed by atoms with E-state index < -0.39 is 0 Å². The molecule has 2 N–H and O–H groups in total. The van der Waals surface area contributed by atoms with Crippen molar-refractivity contribution < 1.29 is 14.5 Å². The zero-order valence-corrected chi connectivity index (χ0v) is 23.0. The van der Waals surface area contributed by atoms with Crippen molar-refractivity contribution in [3.63, 3.8) is 0 Å². The van der Waals surface area contributed by atoms with Crippen LogP contribution >= 0.6 is 23.2 Å². The second-order valence-electron chi connectivity index (χ2n) is 9.21. The molecule has 5 rings (SSSR count). The number of rotatable bonds is 7. The number of aromatic nitrogens is 4. The molecule has 0 saturated carbocycles. The molecule has 11 heteroatoms. The fourth-order valence-electron chi connectivity index (χ4n) is 5.08. The minimum atomic E-state index is -0.196. The molecule has 37 heavy (non-hydrogen) atoms. The fraction of sp³-hybridized carbons (Fsp3) is 0.423.